The molecule has 2 amide bonds. The predicted octanol–water partition coefficient (Wildman–Crippen LogP) is 0.806. The highest BCUT2D eigenvalue weighted by molar-refractivity contribution is 6.01. The molecule has 0 aromatic carbocycles. The SMILES string of the molecule is O=C(ON1C(=O)CCC1=O)C1C[C@@H]2C=C[C@H]1C2. The summed E-state index contributed by atoms with van der Waals surface area (Å²) in [7, 11) is 0. The van der Waals surface area contributed by atoms with Crippen LogP contribution in [0, 0.1) is 17.8 Å². The topological polar surface area (TPSA) is 63.7 Å². The van der Waals surface area contributed by atoms with Crippen LogP contribution < -0.4 is 0 Å². The lowest BCUT2D eigenvalue weighted by Crippen LogP contribution is -2.35. The van der Waals surface area contributed by atoms with E-state index >= 15 is 0 Å². The van der Waals surface area contributed by atoms with Gasteiger partial charge in [0, 0.05) is 12.8 Å². The minimum Gasteiger partial charge on any atom is -0.330 e. The highest BCUT2D eigenvalue weighted by atomic mass is 16.7. The molecule has 2 fully saturated rings. The van der Waals surface area contributed by atoms with Crippen molar-refractivity contribution in [3.63, 3.8) is 0 Å². The first-order valence-corrected chi connectivity index (χ1v) is 5.91. The Morgan fingerprint density at radius 1 is 1.18 bits per heavy atom. The van der Waals surface area contributed by atoms with Crippen LogP contribution in [0.15, 0.2) is 12.2 Å². The Labute approximate surface area is 98.4 Å². The van der Waals surface area contributed by atoms with Crippen LogP contribution in [0.25, 0.3) is 0 Å². The minimum atomic E-state index is -0.439. The third kappa shape index (κ3) is 1.66. The van der Waals surface area contributed by atoms with E-state index in [0.29, 0.717) is 11.0 Å². The van der Waals surface area contributed by atoms with Crippen LogP contribution in [-0.4, -0.2) is 22.8 Å². The van der Waals surface area contributed by atoms with Crippen LogP contribution in [-0.2, 0) is 19.2 Å². The molecule has 0 N–H and O–H groups in total. The third-order valence-corrected chi connectivity index (χ3v) is 3.77. The molecule has 0 spiro atoms. The van der Waals surface area contributed by atoms with Crippen LogP contribution >= 0.6 is 0 Å². The number of imide groups is 1. The Morgan fingerprint density at radius 2 is 1.88 bits per heavy atom. The van der Waals surface area contributed by atoms with Crippen molar-refractivity contribution < 1.29 is 19.2 Å². The Hall–Kier alpha value is -1.65. The molecule has 1 aliphatic heterocycles. The summed E-state index contributed by atoms with van der Waals surface area (Å²) in [5, 5.41) is 0.637. The molecular formula is C12H13NO4. The lowest BCUT2D eigenvalue weighted by atomic mass is 9.94. The second kappa shape index (κ2) is 3.68. The van der Waals surface area contributed by atoms with E-state index in [1.54, 1.807) is 0 Å². The Balaban J connectivity index is 1.66. The van der Waals surface area contributed by atoms with Gasteiger partial charge in [-0.3, -0.25) is 9.59 Å². The largest absolute Gasteiger partial charge is 0.336 e. The number of hydroxylamine groups is 2. The van der Waals surface area contributed by atoms with Crippen molar-refractivity contribution in [2.75, 3.05) is 0 Å². The van der Waals surface area contributed by atoms with Gasteiger partial charge in [-0.15, -0.1) is 5.06 Å². The number of allylic oxidation sites excluding steroid dienone is 2. The van der Waals surface area contributed by atoms with Crippen molar-refractivity contribution in [3.8, 4) is 0 Å². The Kier molecular flexibility index (Phi) is 2.28. The summed E-state index contributed by atoms with van der Waals surface area (Å²) < 4.78 is 0. The fourth-order valence-electron chi connectivity index (χ4n) is 2.87. The zero-order valence-electron chi connectivity index (χ0n) is 9.30. The molecule has 5 nitrogen and oxygen atoms in total. The van der Waals surface area contributed by atoms with Gasteiger partial charge in [-0.25, -0.2) is 4.79 Å². The number of carbonyl (C=O) groups is 3. The quantitative estimate of drug-likeness (QED) is 0.524. The van der Waals surface area contributed by atoms with E-state index in [2.05, 4.69) is 6.08 Å². The maximum absolute atomic E-state index is 11.9. The molecule has 1 heterocycles. The summed E-state index contributed by atoms with van der Waals surface area (Å²) in [6.07, 6.45) is 6.21. The van der Waals surface area contributed by atoms with E-state index in [1.807, 2.05) is 6.08 Å². The molecule has 2 bridgehead atoms. The van der Waals surface area contributed by atoms with Crippen molar-refractivity contribution in [2.24, 2.45) is 17.8 Å². The summed E-state index contributed by atoms with van der Waals surface area (Å²) in [4.78, 5) is 39.4. The number of hydrogen-bond donors (Lipinski definition) is 0. The lowest BCUT2D eigenvalue weighted by Gasteiger charge is -2.19. The number of amides is 2. The van der Waals surface area contributed by atoms with Crippen LogP contribution in [0.3, 0.4) is 0 Å². The van der Waals surface area contributed by atoms with Crippen molar-refractivity contribution in [3.05, 3.63) is 12.2 Å². The highest BCUT2D eigenvalue weighted by Crippen LogP contribution is 2.44. The van der Waals surface area contributed by atoms with Crippen LogP contribution in [0.1, 0.15) is 25.7 Å². The fourth-order valence-corrected chi connectivity index (χ4v) is 2.87. The van der Waals surface area contributed by atoms with Crippen molar-refractivity contribution >= 4 is 17.8 Å². The summed E-state index contributed by atoms with van der Waals surface area (Å²) in [5.74, 6) is -0.774. The average Bonchev–Trinajstić information content (AvgIpc) is 2.99. The molecule has 1 saturated heterocycles. The fraction of sp³-hybridized carbons (Fsp3) is 0.583. The summed E-state index contributed by atoms with van der Waals surface area (Å²) in [5.41, 5.74) is 0. The van der Waals surface area contributed by atoms with Gasteiger partial charge in [0.25, 0.3) is 11.8 Å². The second-order valence-corrected chi connectivity index (χ2v) is 4.88. The van der Waals surface area contributed by atoms with Crippen LogP contribution in [0.4, 0.5) is 0 Å². The molecule has 3 atom stereocenters. The van der Waals surface area contributed by atoms with Gasteiger partial charge < -0.3 is 4.84 Å². The smallest absolute Gasteiger partial charge is 0.330 e. The molecule has 3 aliphatic rings. The Morgan fingerprint density at radius 3 is 2.41 bits per heavy atom. The molecule has 17 heavy (non-hydrogen) atoms. The van der Waals surface area contributed by atoms with Crippen LogP contribution in [0.5, 0.6) is 0 Å². The minimum absolute atomic E-state index is 0.142. The number of nitrogens with zero attached hydrogens (tertiary/aromatic N) is 1. The number of carbonyl (C=O) groups excluding carboxylic acids is 3. The zero-order chi connectivity index (χ0) is 12.0. The standard InChI is InChI=1S/C12H13NO4/c14-10-3-4-11(15)13(10)17-12(16)9-6-7-1-2-8(9)5-7/h1-2,7-9H,3-6H2/t7-,8+,9?/m1/s1. The molecule has 3 rings (SSSR count). The van der Waals surface area contributed by atoms with Gasteiger partial charge in [0.2, 0.25) is 0 Å². The average molecular weight is 235 g/mol. The van der Waals surface area contributed by atoms with E-state index in [4.69, 9.17) is 4.84 Å². The van der Waals surface area contributed by atoms with Gasteiger partial charge in [-0.2, -0.15) is 0 Å². The predicted molar refractivity (Wildman–Crippen MR) is 56.0 cm³/mol. The van der Waals surface area contributed by atoms with Crippen molar-refractivity contribution in [1.29, 1.82) is 0 Å². The third-order valence-electron chi connectivity index (χ3n) is 3.77. The van der Waals surface area contributed by atoms with E-state index in [-0.39, 0.29) is 24.7 Å². The monoisotopic (exact) mass is 235 g/mol. The number of rotatable bonds is 2. The molecule has 2 aliphatic carbocycles. The number of hydrogen-bond acceptors (Lipinski definition) is 4. The first kappa shape index (κ1) is 10.5. The maximum atomic E-state index is 11.9. The number of fused-ring (bicyclic) bond motifs is 2. The normalized spacial score (nSPS) is 34.8. The zero-order valence-corrected chi connectivity index (χ0v) is 9.30. The molecule has 0 aromatic rings. The van der Waals surface area contributed by atoms with Crippen molar-refractivity contribution in [1.82, 2.24) is 5.06 Å². The van der Waals surface area contributed by atoms with Crippen molar-refractivity contribution in [2.45, 2.75) is 25.7 Å². The van der Waals surface area contributed by atoms with Gasteiger partial charge in [-0.1, -0.05) is 12.2 Å². The molecule has 90 valence electrons. The molecule has 0 aromatic heterocycles. The van der Waals surface area contributed by atoms with Gasteiger partial charge in [0.15, 0.2) is 0 Å². The van der Waals surface area contributed by atoms with Gasteiger partial charge in [-0.05, 0) is 24.7 Å². The van der Waals surface area contributed by atoms with Gasteiger partial charge in [0.05, 0.1) is 5.92 Å². The summed E-state index contributed by atoms with van der Waals surface area (Å²) in [6.45, 7) is 0. The molecular weight excluding hydrogens is 222 g/mol. The lowest BCUT2D eigenvalue weighted by molar-refractivity contribution is -0.201. The molecule has 5 heteroatoms. The van der Waals surface area contributed by atoms with Gasteiger partial charge >= 0.3 is 5.97 Å². The highest BCUT2D eigenvalue weighted by Gasteiger charge is 2.43. The van der Waals surface area contributed by atoms with Gasteiger partial charge in [0.1, 0.15) is 0 Å². The Bertz CT molecular complexity index is 412. The second-order valence-electron chi connectivity index (χ2n) is 4.88. The maximum Gasteiger partial charge on any atom is 0.336 e. The summed E-state index contributed by atoms with van der Waals surface area (Å²) in [6, 6.07) is 0. The molecule has 0 radical (unpaired) electrons. The van der Waals surface area contributed by atoms with E-state index < -0.39 is 17.8 Å². The van der Waals surface area contributed by atoms with E-state index in [9.17, 15) is 14.4 Å². The first-order valence-electron chi connectivity index (χ1n) is 5.91. The van der Waals surface area contributed by atoms with E-state index in [1.165, 1.54) is 0 Å². The van der Waals surface area contributed by atoms with Crippen LogP contribution in [0.2, 0.25) is 0 Å². The summed E-state index contributed by atoms with van der Waals surface area (Å²) >= 11 is 0. The van der Waals surface area contributed by atoms with E-state index in [0.717, 1.165) is 12.8 Å². The first-order chi connectivity index (χ1) is 8.15. The molecule has 1 unspecified atom stereocenters. The molecule has 1 saturated carbocycles.